The zero-order valence-electron chi connectivity index (χ0n) is 11.1. The molecule has 1 aromatic heterocycles. The van der Waals surface area contributed by atoms with Crippen molar-refractivity contribution in [1.29, 1.82) is 0 Å². The molecular weight excluding hydrogens is 261 g/mol. The number of thiazole rings is 1. The van der Waals surface area contributed by atoms with Gasteiger partial charge in [-0.1, -0.05) is 27.7 Å². The summed E-state index contributed by atoms with van der Waals surface area (Å²) in [6, 6.07) is -0.106. The van der Waals surface area contributed by atoms with E-state index in [0.29, 0.717) is 4.88 Å². The average molecular weight is 280 g/mol. The van der Waals surface area contributed by atoms with Crippen LogP contribution in [0, 0.1) is 5.41 Å². The first kappa shape index (κ1) is 15.4. The first-order valence-corrected chi connectivity index (χ1v) is 6.74. The van der Waals surface area contributed by atoms with Crippen LogP contribution in [0.4, 0.5) is 13.2 Å². The fourth-order valence-corrected chi connectivity index (χ4v) is 2.78. The summed E-state index contributed by atoms with van der Waals surface area (Å²) >= 11 is 0.727. The standard InChI is InChI=1S/C12H19F3N2S/c1-5-6-16-9(11(2,3)4)8-7-17-10(18-8)12(13,14)15/h7,9,16H,5-6H2,1-4H3. The second-order valence-electron chi connectivity index (χ2n) is 5.32. The van der Waals surface area contributed by atoms with E-state index in [-0.39, 0.29) is 11.5 Å². The van der Waals surface area contributed by atoms with Crippen LogP contribution in [0.15, 0.2) is 6.20 Å². The summed E-state index contributed by atoms with van der Waals surface area (Å²) in [5.74, 6) is 0. The van der Waals surface area contributed by atoms with E-state index in [9.17, 15) is 13.2 Å². The van der Waals surface area contributed by atoms with Gasteiger partial charge < -0.3 is 5.32 Å². The lowest BCUT2D eigenvalue weighted by molar-refractivity contribution is -0.137. The molecule has 0 aromatic carbocycles. The van der Waals surface area contributed by atoms with E-state index in [2.05, 4.69) is 10.3 Å². The van der Waals surface area contributed by atoms with E-state index in [0.717, 1.165) is 24.3 Å². The monoisotopic (exact) mass is 280 g/mol. The third-order valence-corrected chi connectivity index (χ3v) is 3.62. The lowest BCUT2D eigenvalue weighted by Gasteiger charge is -2.30. The molecule has 0 aliphatic heterocycles. The van der Waals surface area contributed by atoms with Gasteiger partial charge in [-0.05, 0) is 18.4 Å². The van der Waals surface area contributed by atoms with E-state index >= 15 is 0 Å². The fraction of sp³-hybridized carbons (Fsp3) is 0.750. The van der Waals surface area contributed by atoms with E-state index < -0.39 is 11.2 Å². The molecule has 1 aromatic rings. The zero-order chi connectivity index (χ0) is 14.0. The van der Waals surface area contributed by atoms with Gasteiger partial charge in [0.2, 0.25) is 0 Å². The molecule has 1 atom stereocenters. The van der Waals surface area contributed by atoms with Gasteiger partial charge in [0.05, 0.1) is 0 Å². The Morgan fingerprint density at radius 3 is 2.33 bits per heavy atom. The summed E-state index contributed by atoms with van der Waals surface area (Å²) < 4.78 is 37.6. The van der Waals surface area contributed by atoms with Crippen LogP contribution in [0.5, 0.6) is 0 Å². The molecule has 1 rings (SSSR count). The lowest BCUT2D eigenvalue weighted by Crippen LogP contribution is -2.32. The van der Waals surface area contributed by atoms with Gasteiger partial charge in [-0.15, -0.1) is 11.3 Å². The molecule has 1 N–H and O–H groups in total. The molecule has 0 saturated heterocycles. The highest BCUT2D eigenvalue weighted by atomic mass is 32.1. The maximum atomic E-state index is 12.5. The molecule has 6 heteroatoms. The first-order chi connectivity index (χ1) is 8.16. The molecule has 2 nitrogen and oxygen atoms in total. The number of nitrogens with one attached hydrogen (secondary N) is 1. The summed E-state index contributed by atoms with van der Waals surface area (Å²) in [6.45, 7) is 8.83. The van der Waals surface area contributed by atoms with Gasteiger partial charge in [-0.2, -0.15) is 13.2 Å². The Labute approximate surface area is 110 Å². The van der Waals surface area contributed by atoms with Crippen molar-refractivity contribution in [3.63, 3.8) is 0 Å². The van der Waals surface area contributed by atoms with Crippen molar-refractivity contribution >= 4 is 11.3 Å². The zero-order valence-corrected chi connectivity index (χ0v) is 11.9. The predicted molar refractivity (Wildman–Crippen MR) is 67.6 cm³/mol. The van der Waals surface area contributed by atoms with Crippen molar-refractivity contribution < 1.29 is 13.2 Å². The van der Waals surface area contributed by atoms with Crippen molar-refractivity contribution in [2.75, 3.05) is 6.54 Å². The number of hydrogen-bond donors (Lipinski definition) is 1. The number of nitrogens with zero attached hydrogens (tertiary/aromatic N) is 1. The number of rotatable bonds is 4. The van der Waals surface area contributed by atoms with Crippen molar-refractivity contribution in [2.24, 2.45) is 5.41 Å². The van der Waals surface area contributed by atoms with Crippen LogP contribution in [-0.2, 0) is 6.18 Å². The topological polar surface area (TPSA) is 24.9 Å². The van der Waals surface area contributed by atoms with Gasteiger partial charge in [0.1, 0.15) is 0 Å². The molecule has 1 heterocycles. The summed E-state index contributed by atoms with van der Waals surface area (Å²) in [4.78, 5) is 4.13. The maximum Gasteiger partial charge on any atom is 0.443 e. The smallest absolute Gasteiger partial charge is 0.309 e. The molecule has 0 amide bonds. The van der Waals surface area contributed by atoms with E-state index in [4.69, 9.17) is 0 Å². The highest BCUT2D eigenvalue weighted by molar-refractivity contribution is 7.11. The Hall–Kier alpha value is -0.620. The van der Waals surface area contributed by atoms with E-state index in [1.807, 2.05) is 27.7 Å². The molecular formula is C12H19F3N2S. The van der Waals surface area contributed by atoms with Crippen molar-refractivity contribution in [1.82, 2.24) is 10.3 Å². The van der Waals surface area contributed by atoms with Gasteiger partial charge in [0.15, 0.2) is 5.01 Å². The minimum atomic E-state index is -4.35. The van der Waals surface area contributed by atoms with Crippen LogP contribution >= 0.6 is 11.3 Å². The molecule has 0 fully saturated rings. The Bertz CT molecular complexity index is 379. The van der Waals surface area contributed by atoms with Gasteiger partial charge in [0.25, 0.3) is 0 Å². The van der Waals surface area contributed by atoms with Gasteiger partial charge >= 0.3 is 6.18 Å². The SMILES string of the molecule is CCCNC(c1cnc(C(F)(F)F)s1)C(C)(C)C. The van der Waals surface area contributed by atoms with Gasteiger partial charge in [-0.25, -0.2) is 4.98 Å². The molecule has 0 bridgehead atoms. The molecule has 0 aliphatic rings. The third kappa shape index (κ3) is 3.95. The van der Waals surface area contributed by atoms with Crippen LogP contribution < -0.4 is 5.32 Å². The number of aromatic nitrogens is 1. The van der Waals surface area contributed by atoms with Crippen LogP contribution in [0.2, 0.25) is 0 Å². The Morgan fingerprint density at radius 2 is 1.94 bits per heavy atom. The number of halogens is 3. The number of hydrogen-bond acceptors (Lipinski definition) is 3. The van der Waals surface area contributed by atoms with Gasteiger partial charge in [-0.3, -0.25) is 0 Å². The van der Waals surface area contributed by atoms with Crippen molar-refractivity contribution in [3.8, 4) is 0 Å². The Kier molecular flexibility index (Phi) is 4.78. The highest BCUT2D eigenvalue weighted by Crippen LogP contribution is 2.39. The molecule has 1 unspecified atom stereocenters. The highest BCUT2D eigenvalue weighted by Gasteiger charge is 2.36. The van der Waals surface area contributed by atoms with Crippen LogP contribution in [0.25, 0.3) is 0 Å². The molecule has 18 heavy (non-hydrogen) atoms. The largest absolute Gasteiger partial charge is 0.443 e. The van der Waals surface area contributed by atoms with Crippen molar-refractivity contribution in [3.05, 3.63) is 16.1 Å². The second kappa shape index (κ2) is 5.57. The molecule has 0 spiro atoms. The Balaban J connectivity index is 2.96. The minimum Gasteiger partial charge on any atom is -0.309 e. The fourth-order valence-electron chi connectivity index (χ4n) is 1.67. The van der Waals surface area contributed by atoms with Crippen LogP contribution in [-0.4, -0.2) is 11.5 Å². The lowest BCUT2D eigenvalue weighted by atomic mass is 9.86. The van der Waals surface area contributed by atoms with Crippen LogP contribution in [0.3, 0.4) is 0 Å². The summed E-state index contributed by atoms with van der Waals surface area (Å²) in [6.07, 6.45) is -2.07. The summed E-state index contributed by atoms with van der Waals surface area (Å²) in [5, 5.41) is 2.52. The quantitative estimate of drug-likeness (QED) is 0.892. The van der Waals surface area contributed by atoms with Gasteiger partial charge in [0, 0.05) is 17.1 Å². The molecule has 0 aliphatic carbocycles. The maximum absolute atomic E-state index is 12.5. The third-order valence-electron chi connectivity index (χ3n) is 2.52. The molecule has 104 valence electrons. The summed E-state index contributed by atoms with van der Waals surface area (Å²) in [5.41, 5.74) is -0.148. The molecule has 0 radical (unpaired) electrons. The predicted octanol–water partition coefficient (Wildman–Crippen LogP) is 4.25. The van der Waals surface area contributed by atoms with E-state index in [1.165, 1.54) is 6.20 Å². The normalized spacial score (nSPS) is 14.8. The second-order valence-corrected chi connectivity index (χ2v) is 6.38. The molecule has 0 saturated carbocycles. The average Bonchev–Trinajstić information content (AvgIpc) is 2.64. The Morgan fingerprint density at radius 1 is 1.33 bits per heavy atom. The van der Waals surface area contributed by atoms with Crippen molar-refractivity contribution in [2.45, 2.75) is 46.3 Å². The first-order valence-electron chi connectivity index (χ1n) is 5.92. The van der Waals surface area contributed by atoms with E-state index in [1.54, 1.807) is 0 Å². The van der Waals surface area contributed by atoms with Crippen LogP contribution in [0.1, 0.15) is 50.0 Å². The number of alkyl halides is 3. The summed E-state index contributed by atoms with van der Waals surface area (Å²) in [7, 11) is 0. The minimum absolute atomic E-state index is 0.106.